The fourth-order valence-electron chi connectivity index (χ4n) is 4.24. The summed E-state index contributed by atoms with van der Waals surface area (Å²) >= 11 is 7.35. The van der Waals surface area contributed by atoms with Crippen LogP contribution < -0.4 is 4.90 Å². The van der Waals surface area contributed by atoms with Crippen LogP contribution in [-0.2, 0) is 15.0 Å². The molecular formula is C28H23ClN2O3S. The number of benzene rings is 3. The minimum Gasteiger partial charge on any atom is -0.507 e. The first kappa shape index (κ1) is 23.3. The van der Waals surface area contributed by atoms with Gasteiger partial charge in [0.05, 0.1) is 21.8 Å². The lowest BCUT2D eigenvalue weighted by Gasteiger charge is -2.24. The Kier molecular flexibility index (Phi) is 5.74. The summed E-state index contributed by atoms with van der Waals surface area (Å²) in [7, 11) is 0. The van der Waals surface area contributed by atoms with Crippen molar-refractivity contribution in [3.63, 3.8) is 0 Å². The number of carbonyl (C=O) groups is 2. The highest BCUT2D eigenvalue weighted by Crippen LogP contribution is 2.44. The number of amides is 1. The summed E-state index contributed by atoms with van der Waals surface area (Å²) in [6.45, 7) is 6.36. The SMILES string of the molecule is CC(C)(C)c1ccc([C@@H]2C(=C(O)c3ccc(Cl)cc3)C(=O)C(=O)N2c2nc3ccccc3s2)cc1. The first-order valence-corrected chi connectivity index (χ1v) is 12.4. The van der Waals surface area contributed by atoms with Gasteiger partial charge in [-0.15, -0.1) is 0 Å². The monoisotopic (exact) mass is 502 g/mol. The van der Waals surface area contributed by atoms with Crippen molar-refractivity contribution in [3.05, 3.63) is 100 Å². The van der Waals surface area contributed by atoms with E-state index in [2.05, 4.69) is 25.8 Å². The number of rotatable bonds is 3. The fraction of sp³-hybridized carbons (Fsp3) is 0.179. The van der Waals surface area contributed by atoms with Gasteiger partial charge in [0.25, 0.3) is 5.78 Å². The maximum absolute atomic E-state index is 13.4. The molecule has 4 aromatic rings. The zero-order valence-corrected chi connectivity index (χ0v) is 21.0. The largest absolute Gasteiger partial charge is 0.507 e. The summed E-state index contributed by atoms with van der Waals surface area (Å²) in [6, 6.07) is 21.1. The summed E-state index contributed by atoms with van der Waals surface area (Å²) in [5.41, 5.74) is 2.96. The number of hydrogen-bond donors (Lipinski definition) is 1. The second-order valence-electron chi connectivity index (χ2n) is 9.51. The molecule has 1 amide bonds. The molecule has 1 saturated heterocycles. The molecule has 0 unspecified atom stereocenters. The maximum Gasteiger partial charge on any atom is 0.301 e. The Bertz CT molecular complexity index is 1450. The number of aliphatic hydroxyl groups excluding tert-OH is 1. The third-order valence-corrected chi connectivity index (χ3v) is 7.43. The van der Waals surface area contributed by atoms with Crippen LogP contribution >= 0.6 is 22.9 Å². The highest BCUT2D eigenvalue weighted by Gasteiger charge is 2.48. The molecule has 0 radical (unpaired) electrons. The van der Waals surface area contributed by atoms with Crippen molar-refractivity contribution in [3.8, 4) is 0 Å². The Morgan fingerprint density at radius 1 is 0.971 bits per heavy atom. The highest BCUT2D eigenvalue weighted by molar-refractivity contribution is 7.22. The molecule has 1 N–H and O–H groups in total. The van der Waals surface area contributed by atoms with Gasteiger partial charge in [0, 0.05) is 10.6 Å². The quantitative estimate of drug-likeness (QED) is 0.188. The second-order valence-corrected chi connectivity index (χ2v) is 11.0. The highest BCUT2D eigenvalue weighted by atomic mass is 35.5. The standard InChI is InChI=1S/C28H23ClN2O3S/c1-28(2,3)18-12-8-16(9-13-18)23-22(24(32)17-10-14-19(29)15-11-17)25(33)26(34)31(23)27-30-20-6-4-5-7-21(20)35-27/h4-15,23,32H,1-3H3/t23-/m1/s1. The van der Waals surface area contributed by atoms with Crippen molar-refractivity contribution in [1.82, 2.24) is 4.98 Å². The molecule has 1 aliphatic heterocycles. The van der Waals surface area contributed by atoms with Crippen molar-refractivity contribution >= 4 is 55.7 Å². The van der Waals surface area contributed by atoms with E-state index in [1.165, 1.54) is 16.2 Å². The molecule has 3 aromatic carbocycles. The Morgan fingerprint density at radius 2 is 1.63 bits per heavy atom. The molecule has 0 aliphatic carbocycles. The van der Waals surface area contributed by atoms with Crippen LogP contribution in [-0.4, -0.2) is 21.8 Å². The van der Waals surface area contributed by atoms with Crippen LogP contribution in [0.4, 0.5) is 5.13 Å². The number of para-hydroxylation sites is 1. The van der Waals surface area contributed by atoms with E-state index < -0.39 is 17.7 Å². The first-order chi connectivity index (χ1) is 16.6. The summed E-state index contributed by atoms with van der Waals surface area (Å²) in [5, 5.41) is 12.2. The summed E-state index contributed by atoms with van der Waals surface area (Å²) in [5.74, 6) is -1.71. The van der Waals surface area contributed by atoms with E-state index in [4.69, 9.17) is 11.6 Å². The number of anilines is 1. The van der Waals surface area contributed by atoms with Gasteiger partial charge < -0.3 is 5.11 Å². The van der Waals surface area contributed by atoms with Gasteiger partial charge >= 0.3 is 5.91 Å². The van der Waals surface area contributed by atoms with Gasteiger partial charge in [-0.2, -0.15) is 0 Å². The van der Waals surface area contributed by atoms with Crippen LogP contribution in [0.1, 0.15) is 43.5 Å². The molecule has 0 bridgehead atoms. The van der Waals surface area contributed by atoms with Gasteiger partial charge in [-0.25, -0.2) is 4.98 Å². The molecule has 2 heterocycles. The maximum atomic E-state index is 13.4. The van der Waals surface area contributed by atoms with Gasteiger partial charge in [-0.3, -0.25) is 14.5 Å². The number of hydrogen-bond acceptors (Lipinski definition) is 5. The average Bonchev–Trinajstić information content (AvgIpc) is 3.37. The third kappa shape index (κ3) is 4.13. The van der Waals surface area contributed by atoms with Crippen molar-refractivity contribution in [2.24, 2.45) is 0 Å². The molecule has 7 heteroatoms. The van der Waals surface area contributed by atoms with E-state index in [9.17, 15) is 14.7 Å². The molecule has 176 valence electrons. The topological polar surface area (TPSA) is 70.5 Å². The molecular weight excluding hydrogens is 480 g/mol. The third-order valence-electron chi connectivity index (χ3n) is 6.14. The normalized spacial score (nSPS) is 17.9. The number of fused-ring (bicyclic) bond motifs is 1. The molecule has 1 aliphatic rings. The predicted molar refractivity (Wildman–Crippen MR) is 141 cm³/mol. The van der Waals surface area contributed by atoms with Crippen LogP contribution in [0.5, 0.6) is 0 Å². The van der Waals surface area contributed by atoms with E-state index in [0.29, 0.717) is 21.3 Å². The molecule has 5 rings (SSSR count). The van der Waals surface area contributed by atoms with Crippen LogP contribution in [0.2, 0.25) is 5.02 Å². The van der Waals surface area contributed by atoms with Gasteiger partial charge in [-0.05, 0) is 52.9 Å². The number of Topliss-reactive ketones (excluding diaryl/α,β-unsaturated/α-hetero) is 1. The summed E-state index contributed by atoms with van der Waals surface area (Å²) in [6.07, 6.45) is 0. The van der Waals surface area contributed by atoms with E-state index >= 15 is 0 Å². The Hall–Kier alpha value is -3.48. The van der Waals surface area contributed by atoms with Crippen LogP contribution in [0, 0.1) is 0 Å². The number of aliphatic hydroxyl groups is 1. The molecule has 35 heavy (non-hydrogen) atoms. The van der Waals surface area contributed by atoms with E-state index in [0.717, 1.165) is 15.8 Å². The van der Waals surface area contributed by atoms with E-state index in [-0.39, 0.29) is 16.7 Å². The Balaban J connectivity index is 1.71. The zero-order valence-electron chi connectivity index (χ0n) is 19.4. The van der Waals surface area contributed by atoms with Crippen LogP contribution in [0.3, 0.4) is 0 Å². The zero-order chi connectivity index (χ0) is 24.9. The molecule has 1 atom stereocenters. The van der Waals surface area contributed by atoms with Crippen molar-refractivity contribution in [2.75, 3.05) is 4.90 Å². The minimum atomic E-state index is -0.819. The van der Waals surface area contributed by atoms with E-state index in [1.54, 1.807) is 24.3 Å². The van der Waals surface area contributed by atoms with Crippen molar-refractivity contribution in [2.45, 2.75) is 32.2 Å². The fourth-order valence-corrected chi connectivity index (χ4v) is 5.36. The smallest absolute Gasteiger partial charge is 0.301 e. The molecule has 0 saturated carbocycles. The Morgan fingerprint density at radius 3 is 2.26 bits per heavy atom. The number of nitrogens with zero attached hydrogens (tertiary/aromatic N) is 2. The first-order valence-electron chi connectivity index (χ1n) is 11.2. The summed E-state index contributed by atoms with van der Waals surface area (Å²) < 4.78 is 0.906. The number of aromatic nitrogens is 1. The van der Waals surface area contributed by atoms with Gasteiger partial charge in [0.15, 0.2) is 5.13 Å². The lowest BCUT2D eigenvalue weighted by atomic mass is 9.85. The second kappa shape index (κ2) is 8.63. The van der Waals surface area contributed by atoms with Gasteiger partial charge in [0.2, 0.25) is 0 Å². The molecule has 0 spiro atoms. The van der Waals surface area contributed by atoms with E-state index in [1.807, 2.05) is 48.5 Å². The Labute approximate surface area is 212 Å². The molecule has 1 fully saturated rings. The number of thiazole rings is 1. The minimum absolute atomic E-state index is 0.0279. The summed E-state index contributed by atoms with van der Waals surface area (Å²) in [4.78, 5) is 32.8. The van der Waals surface area contributed by atoms with Crippen molar-refractivity contribution in [1.29, 1.82) is 0 Å². The lowest BCUT2D eigenvalue weighted by Crippen LogP contribution is -2.29. The molecule has 1 aromatic heterocycles. The number of halogens is 1. The van der Waals surface area contributed by atoms with Crippen molar-refractivity contribution < 1.29 is 14.7 Å². The predicted octanol–water partition coefficient (Wildman–Crippen LogP) is 6.87. The molecule has 5 nitrogen and oxygen atoms in total. The lowest BCUT2D eigenvalue weighted by molar-refractivity contribution is -0.132. The van der Waals surface area contributed by atoms with Crippen LogP contribution in [0.15, 0.2) is 78.4 Å². The number of carbonyl (C=O) groups excluding carboxylic acids is 2. The van der Waals surface area contributed by atoms with Gasteiger partial charge in [0.1, 0.15) is 5.76 Å². The average molecular weight is 503 g/mol. The number of ketones is 1. The van der Waals surface area contributed by atoms with Crippen LogP contribution in [0.25, 0.3) is 16.0 Å². The van der Waals surface area contributed by atoms with Gasteiger partial charge in [-0.1, -0.05) is 80.1 Å².